The van der Waals surface area contributed by atoms with Crippen molar-refractivity contribution in [1.29, 1.82) is 0 Å². The smallest absolute Gasteiger partial charge is 0.191 e. The van der Waals surface area contributed by atoms with Gasteiger partial charge in [0.05, 0.1) is 12.6 Å². The van der Waals surface area contributed by atoms with E-state index in [2.05, 4.69) is 55.5 Å². The number of nitrogens with one attached hydrogen (secondary N) is 2. The van der Waals surface area contributed by atoms with E-state index in [0.717, 1.165) is 38.6 Å². The lowest BCUT2D eigenvalue weighted by Gasteiger charge is -2.12. The molecule has 0 unspecified atom stereocenters. The second-order valence-electron chi connectivity index (χ2n) is 4.91. The van der Waals surface area contributed by atoms with Gasteiger partial charge in [0, 0.05) is 29.5 Å². The van der Waals surface area contributed by atoms with Gasteiger partial charge in [-0.1, -0.05) is 0 Å². The number of thiophene rings is 1. The van der Waals surface area contributed by atoms with E-state index in [-0.39, 0.29) is 24.0 Å². The largest absolute Gasteiger partial charge is 0.379 e. The monoisotopic (exact) mass is 425 g/mol. The summed E-state index contributed by atoms with van der Waals surface area (Å²) in [4.78, 5) is 7.22. The molecule has 0 spiro atoms. The minimum Gasteiger partial charge on any atom is -0.379 e. The van der Waals surface area contributed by atoms with Crippen LogP contribution in [0.3, 0.4) is 0 Å². The van der Waals surface area contributed by atoms with Crippen molar-refractivity contribution in [2.24, 2.45) is 4.99 Å². The Hall–Kier alpha value is -0.340. The summed E-state index contributed by atoms with van der Waals surface area (Å²) in [5.41, 5.74) is 0. The zero-order valence-corrected chi connectivity index (χ0v) is 16.6. The molecule has 0 saturated heterocycles. The highest BCUT2D eigenvalue weighted by Crippen LogP contribution is 2.15. The first kappa shape index (κ1) is 20.7. The van der Waals surface area contributed by atoms with Crippen LogP contribution < -0.4 is 10.6 Å². The summed E-state index contributed by atoms with van der Waals surface area (Å²) in [5, 5.41) is 6.60. The summed E-state index contributed by atoms with van der Waals surface area (Å²) in [6.45, 7) is 11.6. The molecule has 1 rings (SSSR count). The van der Waals surface area contributed by atoms with Crippen LogP contribution >= 0.6 is 35.3 Å². The van der Waals surface area contributed by atoms with Crippen LogP contribution in [0.15, 0.2) is 17.1 Å². The second-order valence-corrected chi connectivity index (χ2v) is 6.28. The van der Waals surface area contributed by atoms with Crippen molar-refractivity contribution in [3.8, 4) is 0 Å². The summed E-state index contributed by atoms with van der Waals surface area (Å²) in [6, 6.07) is 4.28. The fraction of sp³-hybridized carbons (Fsp3) is 0.667. The number of hydrogen-bond acceptors (Lipinski definition) is 3. The molecule has 0 fully saturated rings. The SMILES string of the molecule is CCNC(=NCc1ccc(C)s1)NCCCOC(C)C.I. The minimum absolute atomic E-state index is 0. The fourth-order valence-corrected chi connectivity index (χ4v) is 2.48. The van der Waals surface area contributed by atoms with E-state index in [4.69, 9.17) is 4.74 Å². The number of halogens is 1. The summed E-state index contributed by atoms with van der Waals surface area (Å²) in [6.07, 6.45) is 1.29. The maximum atomic E-state index is 5.52. The van der Waals surface area contributed by atoms with Crippen molar-refractivity contribution in [2.75, 3.05) is 19.7 Å². The summed E-state index contributed by atoms with van der Waals surface area (Å²) >= 11 is 1.80. The zero-order chi connectivity index (χ0) is 14.8. The lowest BCUT2D eigenvalue weighted by Crippen LogP contribution is -2.38. The standard InChI is InChI=1S/C15H27N3OS.HI/c1-5-16-15(17-9-6-10-19-12(2)3)18-11-14-8-7-13(4)20-14;/h7-8,12H,5-6,9-11H2,1-4H3,(H2,16,17,18);1H. The summed E-state index contributed by atoms with van der Waals surface area (Å²) in [5.74, 6) is 0.878. The van der Waals surface area contributed by atoms with Crippen molar-refractivity contribution < 1.29 is 4.74 Å². The van der Waals surface area contributed by atoms with Crippen LogP contribution in [0.4, 0.5) is 0 Å². The van der Waals surface area contributed by atoms with Gasteiger partial charge in [0.2, 0.25) is 0 Å². The molecule has 2 N–H and O–H groups in total. The Balaban J connectivity index is 0.00000400. The fourth-order valence-electron chi connectivity index (χ4n) is 1.67. The first-order chi connectivity index (χ1) is 9.61. The molecule has 0 atom stereocenters. The molecule has 1 aromatic heterocycles. The lowest BCUT2D eigenvalue weighted by molar-refractivity contribution is 0.0776. The molecule has 0 aliphatic heterocycles. The topological polar surface area (TPSA) is 45.7 Å². The van der Waals surface area contributed by atoms with Crippen molar-refractivity contribution in [3.05, 3.63) is 21.9 Å². The van der Waals surface area contributed by atoms with Gasteiger partial charge in [0.1, 0.15) is 0 Å². The molecule has 6 heteroatoms. The zero-order valence-electron chi connectivity index (χ0n) is 13.4. The third-order valence-electron chi connectivity index (χ3n) is 2.60. The maximum Gasteiger partial charge on any atom is 0.191 e. The van der Waals surface area contributed by atoms with Gasteiger partial charge in [-0.2, -0.15) is 0 Å². The van der Waals surface area contributed by atoms with E-state index in [1.807, 2.05) is 0 Å². The molecular weight excluding hydrogens is 397 g/mol. The van der Waals surface area contributed by atoms with Gasteiger partial charge in [-0.3, -0.25) is 0 Å². The van der Waals surface area contributed by atoms with E-state index in [9.17, 15) is 0 Å². The highest BCUT2D eigenvalue weighted by atomic mass is 127. The summed E-state index contributed by atoms with van der Waals surface area (Å²) in [7, 11) is 0. The third-order valence-corrected chi connectivity index (χ3v) is 3.58. The Labute approximate surface area is 149 Å². The van der Waals surface area contributed by atoms with Gasteiger partial charge < -0.3 is 15.4 Å². The Morgan fingerprint density at radius 2 is 2.10 bits per heavy atom. The van der Waals surface area contributed by atoms with Crippen molar-refractivity contribution in [3.63, 3.8) is 0 Å². The van der Waals surface area contributed by atoms with E-state index >= 15 is 0 Å². The molecule has 0 aliphatic rings. The van der Waals surface area contributed by atoms with Crippen LogP contribution in [-0.2, 0) is 11.3 Å². The molecule has 4 nitrogen and oxygen atoms in total. The van der Waals surface area contributed by atoms with Crippen molar-refractivity contribution >= 4 is 41.3 Å². The van der Waals surface area contributed by atoms with E-state index in [0.29, 0.717) is 6.10 Å². The molecule has 1 heterocycles. The van der Waals surface area contributed by atoms with Gasteiger partial charge in [0.25, 0.3) is 0 Å². The third kappa shape index (κ3) is 10.1. The average Bonchev–Trinajstić information content (AvgIpc) is 2.81. The number of ether oxygens (including phenoxy) is 1. The number of hydrogen-bond donors (Lipinski definition) is 2. The molecule has 1 aromatic rings. The first-order valence-electron chi connectivity index (χ1n) is 7.31. The highest BCUT2D eigenvalue weighted by molar-refractivity contribution is 14.0. The predicted octanol–water partition coefficient (Wildman–Crippen LogP) is 3.54. The normalized spacial score (nSPS) is 11.4. The van der Waals surface area contributed by atoms with E-state index < -0.39 is 0 Å². The minimum atomic E-state index is 0. The number of aryl methyl sites for hydroxylation is 1. The number of nitrogens with zero attached hydrogens (tertiary/aromatic N) is 1. The van der Waals surface area contributed by atoms with Gasteiger partial charge in [-0.15, -0.1) is 35.3 Å². The second kappa shape index (κ2) is 12.2. The van der Waals surface area contributed by atoms with Gasteiger partial charge in [-0.25, -0.2) is 4.99 Å². The Morgan fingerprint density at radius 1 is 1.33 bits per heavy atom. The van der Waals surface area contributed by atoms with Crippen LogP contribution in [0.1, 0.15) is 36.9 Å². The molecule has 0 radical (unpaired) electrons. The van der Waals surface area contributed by atoms with Crippen LogP contribution in [-0.4, -0.2) is 31.8 Å². The number of rotatable bonds is 8. The number of guanidine groups is 1. The van der Waals surface area contributed by atoms with Gasteiger partial charge in [-0.05, 0) is 46.2 Å². The maximum absolute atomic E-state index is 5.52. The predicted molar refractivity (Wildman–Crippen MR) is 103 cm³/mol. The molecule has 21 heavy (non-hydrogen) atoms. The summed E-state index contributed by atoms with van der Waals surface area (Å²) < 4.78 is 5.52. The molecule has 122 valence electrons. The van der Waals surface area contributed by atoms with Crippen LogP contribution in [0.5, 0.6) is 0 Å². The Kier molecular flexibility index (Phi) is 12.0. The lowest BCUT2D eigenvalue weighted by atomic mass is 10.4. The number of aliphatic imine (C=N–C) groups is 1. The molecule has 0 aromatic carbocycles. The van der Waals surface area contributed by atoms with E-state index in [1.165, 1.54) is 9.75 Å². The van der Waals surface area contributed by atoms with Crippen LogP contribution in [0, 0.1) is 6.92 Å². The van der Waals surface area contributed by atoms with Crippen molar-refractivity contribution in [1.82, 2.24) is 10.6 Å². The molecule has 0 bridgehead atoms. The Bertz CT molecular complexity index is 407. The highest BCUT2D eigenvalue weighted by Gasteiger charge is 1.99. The van der Waals surface area contributed by atoms with Gasteiger partial charge >= 0.3 is 0 Å². The van der Waals surface area contributed by atoms with Crippen LogP contribution in [0.25, 0.3) is 0 Å². The first-order valence-corrected chi connectivity index (χ1v) is 8.12. The quantitative estimate of drug-likeness (QED) is 0.290. The Morgan fingerprint density at radius 3 is 2.67 bits per heavy atom. The average molecular weight is 425 g/mol. The van der Waals surface area contributed by atoms with Gasteiger partial charge in [0.15, 0.2) is 5.96 Å². The molecule has 0 saturated carbocycles. The molecular formula is C15H28IN3OS. The molecule has 0 amide bonds. The van der Waals surface area contributed by atoms with Crippen LogP contribution in [0.2, 0.25) is 0 Å². The molecule has 0 aliphatic carbocycles. The van der Waals surface area contributed by atoms with E-state index in [1.54, 1.807) is 11.3 Å². The van der Waals surface area contributed by atoms with Crippen molar-refractivity contribution in [2.45, 2.75) is 46.8 Å².